The summed E-state index contributed by atoms with van der Waals surface area (Å²) in [4.78, 5) is 11.8. The summed E-state index contributed by atoms with van der Waals surface area (Å²) in [6.07, 6.45) is 4.84. The predicted octanol–water partition coefficient (Wildman–Crippen LogP) is 3.98. The molecule has 0 rings (SSSR count). The zero-order valence-electron chi connectivity index (χ0n) is 11.6. The van der Waals surface area contributed by atoms with Crippen molar-refractivity contribution >= 4 is 5.78 Å². The second-order valence-electron chi connectivity index (χ2n) is 5.20. The highest BCUT2D eigenvalue weighted by atomic mass is 16.5. The largest absolute Gasteiger partial charge is 0.376 e. The Morgan fingerprint density at radius 3 is 2.44 bits per heavy atom. The van der Waals surface area contributed by atoms with Gasteiger partial charge in [-0.3, -0.25) is 4.79 Å². The van der Waals surface area contributed by atoms with E-state index in [1.54, 1.807) is 0 Å². The number of carbonyl (C=O) groups is 1. The summed E-state index contributed by atoms with van der Waals surface area (Å²) in [6.45, 7) is 11.0. The van der Waals surface area contributed by atoms with Crippen molar-refractivity contribution < 1.29 is 9.53 Å². The van der Waals surface area contributed by atoms with Crippen LogP contribution in [0.4, 0.5) is 0 Å². The molecule has 0 aliphatic heterocycles. The van der Waals surface area contributed by atoms with Crippen molar-refractivity contribution in [2.75, 3.05) is 6.61 Å². The Morgan fingerprint density at radius 2 is 1.94 bits per heavy atom. The Morgan fingerprint density at radius 1 is 1.31 bits per heavy atom. The summed E-state index contributed by atoms with van der Waals surface area (Å²) in [5.41, 5.74) is -0.158. The molecular weight excluding hydrogens is 200 g/mol. The van der Waals surface area contributed by atoms with Gasteiger partial charge in [0, 0.05) is 18.9 Å². The normalized spacial score (nSPS) is 13.8. The lowest BCUT2D eigenvalue weighted by Gasteiger charge is -2.24. The van der Waals surface area contributed by atoms with Crippen LogP contribution in [-0.4, -0.2) is 18.0 Å². The van der Waals surface area contributed by atoms with Gasteiger partial charge in [-0.15, -0.1) is 0 Å². The van der Waals surface area contributed by atoms with Crippen molar-refractivity contribution in [3.8, 4) is 0 Å². The molecule has 0 heterocycles. The summed E-state index contributed by atoms with van der Waals surface area (Å²) in [7, 11) is 0. The number of ketones is 1. The molecule has 0 spiro atoms. The zero-order valence-corrected chi connectivity index (χ0v) is 11.6. The Balaban J connectivity index is 3.87. The van der Waals surface area contributed by atoms with Gasteiger partial charge in [-0.2, -0.15) is 0 Å². The first-order chi connectivity index (χ1) is 7.43. The lowest BCUT2D eigenvalue weighted by atomic mass is 9.92. The van der Waals surface area contributed by atoms with Crippen LogP contribution in [0.25, 0.3) is 0 Å². The van der Waals surface area contributed by atoms with Crippen LogP contribution in [0.2, 0.25) is 0 Å². The molecule has 0 aromatic rings. The van der Waals surface area contributed by atoms with Crippen LogP contribution in [0.1, 0.15) is 66.7 Å². The number of rotatable bonds is 9. The smallest absolute Gasteiger partial charge is 0.135 e. The van der Waals surface area contributed by atoms with E-state index < -0.39 is 0 Å². The Labute approximate surface area is 101 Å². The molecule has 0 aromatic heterocycles. The highest BCUT2D eigenvalue weighted by Gasteiger charge is 2.21. The SMILES string of the molecule is CCCCC(C)C(=O)CCC(C)(C)OCC. The molecule has 0 fully saturated rings. The number of hydrogen-bond acceptors (Lipinski definition) is 2. The summed E-state index contributed by atoms with van der Waals surface area (Å²) < 4.78 is 5.59. The van der Waals surface area contributed by atoms with E-state index in [1.807, 2.05) is 13.8 Å². The van der Waals surface area contributed by atoms with Gasteiger partial charge in [-0.1, -0.05) is 26.7 Å². The third kappa shape index (κ3) is 7.00. The van der Waals surface area contributed by atoms with Crippen molar-refractivity contribution in [3.05, 3.63) is 0 Å². The van der Waals surface area contributed by atoms with E-state index >= 15 is 0 Å². The minimum absolute atomic E-state index is 0.158. The van der Waals surface area contributed by atoms with E-state index in [0.29, 0.717) is 18.8 Å². The molecule has 96 valence electrons. The second kappa shape index (κ2) is 7.83. The Kier molecular flexibility index (Phi) is 7.65. The highest BCUT2D eigenvalue weighted by molar-refractivity contribution is 5.80. The quantitative estimate of drug-likeness (QED) is 0.596. The molecule has 0 amide bonds. The summed E-state index contributed by atoms with van der Waals surface area (Å²) in [5, 5.41) is 0. The van der Waals surface area contributed by atoms with E-state index in [4.69, 9.17) is 4.74 Å². The van der Waals surface area contributed by atoms with Crippen molar-refractivity contribution in [1.82, 2.24) is 0 Å². The molecule has 1 unspecified atom stereocenters. The van der Waals surface area contributed by atoms with Crippen LogP contribution in [0.15, 0.2) is 0 Å². The lowest BCUT2D eigenvalue weighted by Crippen LogP contribution is -2.26. The third-order valence-corrected chi connectivity index (χ3v) is 3.05. The van der Waals surface area contributed by atoms with Crippen LogP contribution >= 0.6 is 0 Å². The van der Waals surface area contributed by atoms with Crippen LogP contribution in [0, 0.1) is 5.92 Å². The molecule has 0 saturated heterocycles. The molecule has 0 aliphatic rings. The highest BCUT2D eigenvalue weighted by Crippen LogP contribution is 2.19. The molecule has 0 aliphatic carbocycles. The van der Waals surface area contributed by atoms with Crippen LogP contribution in [0.5, 0.6) is 0 Å². The van der Waals surface area contributed by atoms with Gasteiger partial charge in [0.05, 0.1) is 5.60 Å². The molecule has 0 saturated carbocycles. The van der Waals surface area contributed by atoms with Crippen LogP contribution in [0.3, 0.4) is 0 Å². The van der Waals surface area contributed by atoms with Crippen molar-refractivity contribution in [3.63, 3.8) is 0 Å². The monoisotopic (exact) mass is 228 g/mol. The fourth-order valence-corrected chi connectivity index (χ4v) is 1.80. The fraction of sp³-hybridized carbons (Fsp3) is 0.929. The van der Waals surface area contributed by atoms with Gasteiger partial charge in [0.1, 0.15) is 5.78 Å². The van der Waals surface area contributed by atoms with E-state index in [1.165, 1.54) is 6.42 Å². The number of hydrogen-bond donors (Lipinski definition) is 0. The van der Waals surface area contributed by atoms with Gasteiger partial charge in [0.2, 0.25) is 0 Å². The van der Waals surface area contributed by atoms with Gasteiger partial charge in [0.15, 0.2) is 0 Å². The minimum Gasteiger partial charge on any atom is -0.376 e. The van der Waals surface area contributed by atoms with Gasteiger partial charge < -0.3 is 4.74 Å². The molecule has 2 nitrogen and oxygen atoms in total. The van der Waals surface area contributed by atoms with Gasteiger partial charge in [0.25, 0.3) is 0 Å². The first-order valence-electron chi connectivity index (χ1n) is 6.59. The van der Waals surface area contributed by atoms with Crippen molar-refractivity contribution in [2.45, 2.75) is 72.3 Å². The lowest BCUT2D eigenvalue weighted by molar-refractivity contribution is -0.124. The average molecular weight is 228 g/mol. The molecule has 0 bridgehead atoms. The molecule has 2 heteroatoms. The van der Waals surface area contributed by atoms with Gasteiger partial charge in [-0.05, 0) is 33.6 Å². The second-order valence-corrected chi connectivity index (χ2v) is 5.20. The maximum Gasteiger partial charge on any atom is 0.135 e. The number of ether oxygens (including phenoxy) is 1. The van der Waals surface area contributed by atoms with E-state index in [2.05, 4.69) is 20.8 Å². The maximum atomic E-state index is 11.8. The Bertz CT molecular complexity index is 197. The zero-order chi connectivity index (χ0) is 12.6. The van der Waals surface area contributed by atoms with Gasteiger partial charge in [-0.25, -0.2) is 0 Å². The first kappa shape index (κ1) is 15.6. The summed E-state index contributed by atoms with van der Waals surface area (Å²) in [6, 6.07) is 0. The molecule has 1 atom stereocenters. The molecule has 0 N–H and O–H groups in total. The maximum absolute atomic E-state index is 11.8. The molecular formula is C14H28O2. The van der Waals surface area contributed by atoms with Crippen molar-refractivity contribution in [2.24, 2.45) is 5.92 Å². The molecule has 16 heavy (non-hydrogen) atoms. The van der Waals surface area contributed by atoms with Crippen LogP contribution < -0.4 is 0 Å². The Hall–Kier alpha value is -0.370. The van der Waals surface area contributed by atoms with E-state index in [0.717, 1.165) is 19.3 Å². The van der Waals surface area contributed by atoms with Crippen LogP contribution in [-0.2, 0) is 9.53 Å². The minimum atomic E-state index is -0.158. The fourth-order valence-electron chi connectivity index (χ4n) is 1.80. The topological polar surface area (TPSA) is 26.3 Å². The van der Waals surface area contributed by atoms with E-state index in [9.17, 15) is 4.79 Å². The standard InChI is InChI=1S/C14H28O2/c1-6-8-9-12(3)13(15)10-11-14(4,5)16-7-2/h12H,6-11H2,1-5H3. The number of Topliss-reactive ketones (excluding diaryl/α,β-unsaturated/α-hetero) is 1. The van der Waals surface area contributed by atoms with Crippen molar-refractivity contribution in [1.29, 1.82) is 0 Å². The van der Waals surface area contributed by atoms with Gasteiger partial charge >= 0.3 is 0 Å². The predicted molar refractivity (Wildman–Crippen MR) is 68.6 cm³/mol. The summed E-state index contributed by atoms with van der Waals surface area (Å²) in [5.74, 6) is 0.610. The third-order valence-electron chi connectivity index (χ3n) is 3.05. The first-order valence-corrected chi connectivity index (χ1v) is 6.59. The molecule has 0 aromatic carbocycles. The molecule has 0 radical (unpaired) electrons. The number of carbonyl (C=O) groups excluding carboxylic acids is 1. The van der Waals surface area contributed by atoms with E-state index in [-0.39, 0.29) is 11.5 Å². The summed E-state index contributed by atoms with van der Waals surface area (Å²) >= 11 is 0. The number of unbranched alkanes of at least 4 members (excludes halogenated alkanes) is 1. The average Bonchev–Trinajstić information content (AvgIpc) is 2.22.